The maximum atomic E-state index is 13.8. The van der Waals surface area contributed by atoms with Crippen LogP contribution in [0.3, 0.4) is 0 Å². The van der Waals surface area contributed by atoms with Gasteiger partial charge in [0.15, 0.2) is 0 Å². The monoisotopic (exact) mass is 371 g/mol. The van der Waals surface area contributed by atoms with E-state index in [0.29, 0.717) is 21.3 Å². The molecule has 1 aliphatic rings. The number of benzene rings is 2. The summed E-state index contributed by atoms with van der Waals surface area (Å²) >= 11 is 12.3. The van der Waals surface area contributed by atoms with Gasteiger partial charge >= 0.3 is 0 Å². The fourth-order valence-corrected chi connectivity index (χ4v) is 3.25. The predicted molar refractivity (Wildman–Crippen MR) is 88.6 cm³/mol. The molecule has 1 amide bonds. The van der Waals surface area contributed by atoms with Crippen LogP contribution in [-0.4, -0.2) is 25.2 Å². The Balaban J connectivity index is 1.82. The predicted octanol–water partition coefficient (Wildman–Crippen LogP) is 4.25. The van der Waals surface area contributed by atoms with Gasteiger partial charge in [-0.25, -0.2) is 8.78 Å². The fraction of sp³-hybridized carbons (Fsp3) is 0.235. The van der Waals surface area contributed by atoms with Crippen LogP contribution in [0.25, 0.3) is 0 Å². The van der Waals surface area contributed by atoms with Gasteiger partial charge in [-0.3, -0.25) is 4.79 Å². The molecule has 0 aliphatic carbocycles. The Hall–Kier alpha value is -1.69. The van der Waals surface area contributed by atoms with Gasteiger partial charge in [-0.05, 0) is 23.8 Å². The van der Waals surface area contributed by atoms with Crippen molar-refractivity contribution in [1.82, 2.24) is 0 Å². The highest BCUT2D eigenvalue weighted by Gasteiger charge is 2.30. The molecule has 3 rings (SSSR count). The van der Waals surface area contributed by atoms with Gasteiger partial charge in [0.05, 0.1) is 28.4 Å². The quantitative estimate of drug-likeness (QED) is 0.807. The van der Waals surface area contributed by atoms with Gasteiger partial charge < -0.3 is 9.64 Å². The van der Waals surface area contributed by atoms with Crippen molar-refractivity contribution in [1.29, 1.82) is 0 Å². The first-order chi connectivity index (χ1) is 11.5. The smallest absolute Gasteiger partial charge is 0.253 e. The van der Waals surface area contributed by atoms with Gasteiger partial charge in [0.2, 0.25) is 0 Å². The highest BCUT2D eigenvalue weighted by molar-refractivity contribution is 6.39. The van der Waals surface area contributed by atoms with Crippen molar-refractivity contribution in [3.05, 3.63) is 63.6 Å². The van der Waals surface area contributed by atoms with Gasteiger partial charge in [-0.2, -0.15) is 0 Å². The maximum absolute atomic E-state index is 13.8. The van der Waals surface area contributed by atoms with Crippen molar-refractivity contribution >= 4 is 34.8 Å². The molecule has 1 unspecified atom stereocenters. The van der Waals surface area contributed by atoms with Gasteiger partial charge in [0, 0.05) is 12.5 Å². The Morgan fingerprint density at radius 1 is 1.17 bits per heavy atom. The van der Waals surface area contributed by atoms with Gasteiger partial charge in [0.25, 0.3) is 5.91 Å². The number of carbonyl (C=O) groups is 1. The minimum absolute atomic E-state index is 0.158. The van der Waals surface area contributed by atoms with E-state index < -0.39 is 17.7 Å². The minimum Gasteiger partial charge on any atom is -0.366 e. The topological polar surface area (TPSA) is 29.5 Å². The molecule has 7 heteroatoms. The molecular weight excluding hydrogens is 359 g/mol. The van der Waals surface area contributed by atoms with Gasteiger partial charge in [-0.15, -0.1) is 0 Å². The van der Waals surface area contributed by atoms with Gasteiger partial charge in [-0.1, -0.05) is 35.3 Å². The molecule has 0 radical (unpaired) electrons. The number of carbonyl (C=O) groups excluding carboxylic acids is 1. The number of nitrogens with zero attached hydrogens (tertiary/aromatic N) is 1. The van der Waals surface area contributed by atoms with E-state index in [2.05, 4.69) is 0 Å². The summed E-state index contributed by atoms with van der Waals surface area (Å²) in [6.45, 7) is 0.0220. The van der Waals surface area contributed by atoms with E-state index in [4.69, 9.17) is 27.9 Å². The van der Waals surface area contributed by atoms with Crippen LogP contribution in [0.15, 0.2) is 36.4 Å². The minimum atomic E-state index is -0.641. The number of hydrogen-bond acceptors (Lipinski definition) is 2. The number of amides is 1. The molecule has 24 heavy (non-hydrogen) atoms. The summed E-state index contributed by atoms with van der Waals surface area (Å²) in [4.78, 5) is 13.6. The summed E-state index contributed by atoms with van der Waals surface area (Å²) < 4.78 is 32.3. The standard InChI is InChI=1S/C17H13Cl2F2NO2/c18-13-2-1-3-14(19)17(13)22-8-12(24-9-16(22)23)6-10-4-5-11(20)7-15(10)21/h1-5,7,12H,6,8-9H2. The second-order valence-corrected chi connectivity index (χ2v) is 6.26. The van der Waals surface area contributed by atoms with E-state index in [1.54, 1.807) is 18.2 Å². The van der Waals surface area contributed by atoms with Crippen LogP contribution in [-0.2, 0) is 16.0 Å². The van der Waals surface area contributed by atoms with Crippen LogP contribution in [0.4, 0.5) is 14.5 Å². The highest BCUT2D eigenvalue weighted by atomic mass is 35.5. The van der Waals surface area contributed by atoms with Crippen molar-refractivity contribution in [2.24, 2.45) is 0 Å². The van der Waals surface area contributed by atoms with Crippen molar-refractivity contribution in [3.63, 3.8) is 0 Å². The molecule has 1 saturated heterocycles. The van der Waals surface area contributed by atoms with Gasteiger partial charge in [0.1, 0.15) is 18.2 Å². The number of hydrogen-bond donors (Lipinski definition) is 0. The van der Waals surface area contributed by atoms with Crippen molar-refractivity contribution in [2.75, 3.05) is 18.1 Å². The molecule has 1 heterocycles. The van der Waals surface area contributed by atoms with Crippen molar-refractivity contribution < 1.29 is 18.3 Å². The molecular formula is C17H13Cl2F2NO2. The average molecular weight is 372 g/mol. The molecule has 1 aliphatic heterocycles. The van der Waals surface area contributed by atoms with Crippen LogP contribution < -0.4 is 4.90 Å². The van der Waals surface area contributed by atoms with Crippen molar-refractivity contribution in [2.45, 2.75) is 12.5 Å². The Labute approximate surface area is 147 Å². The maximum Gasteiger partial charge on any atom is 0.253 e. The lowest BCUT2D eigenvalue weighted by Crippen LogP contribution is -2.47. The van der Waals surface area contributed by atoms with Crippen LogP contribution >= 0.6 is 23.2 Å². The molecule has 2 aromatic rings. The van der Waals surface area contributed by atoms with Crippen LogP contribution in [0.2, 0.25) is 10.0 Å². The molecule has 126 valence electrons. The number of rotatable bonds is 3. The SMILES string of the molecule is O=C1COC(Cc2ccc(F)cc2F)CN1c1c(Cl)cccc1Cl. The lowest BCUT2D eigenvalue weighted by molar-refractivity contribution is -0.129. The first-order valence-corrected chi connectivity index (χ1v) is 8.01. The molecule has 0 saturated carbocycles. The summed E-state index contributed by atoms with van der Waals surface area (Å²) in [5, 5.41) is 0.703. The summed E-state index contributed by atoms with van der Waals surface area (Å²) in [7, 11) is 0. The van der Waals surface area contributed by atoms with E-state index in [0.717, 1.165) is 6.07 Å². The van der Waals surface area contributed by atoms with Crippen molar-refractivity contribution in [3.8, 4) is 0 Å². The van der Waals surface area contributed by atoms with Crippen LogP contribution in [0.5, 0.6) is 0 Å². The first kappa shape index (κ1) is 17.1. The summed E-state index contributed by atoms with van der Waals surface area (Å²) in [6, 6.07) is 8.35. The Morgan fingerprint density at radius 2 is 1.88 bits per heavy atom. The third-order valence-corrected chi connectivity index (χ3v) is 4.41. The molecule has 0 N–H and O–H groups in total. The molecule has 2 aromatic carbocycles. The first-order valence-electron chi connectivity index (χ1n) is 7.25. The summed E-state index contributed by atoms with van der Waals surface area (Å²) in [6.07, 6.45) is -0.243. The highest BCUT2D eigenvalue weighted by Crippen LogP contribution is 2.35. The molecule has 0 aromatic heterocycles. The number of morpholine rings is 1. The van der Waals surface area contributed by atoms with E-state index in [-0.39, 0.29) is 25.5 Å². The molecule has 3 nitrogen and oxygen atoms in total. The average Bonchev–Trinajstić information content (AvgIpc) is 2.53. The summed E-state index contributed by atoms with van der Waals surface area (Å²) in [5.74, 6) is -1.56. The van der Waals surface area contributed by atoms with E-state index >= 15 is 0 Å². The normalized spacial score (nSPS) is 18.1. The zero-order valence-electron chi connectivity index (χ0n) is 12.4. The second kappa shape index (κ2) is 7.05. The molecule has 0 spiro atoms. The number of para-hydroxylation sites is 1. The van der Waals surface area contributed by atoms with E-state index in [9.17, 15) is 13.6 Å². The molecule has 1 atom stereocenters. The second-order valence-electron chi connectivity index (χ2n) is 5.45. The summed E-state index contributed by atoms with van der Waals surface area (Å²) in [5.41, 5.74) is 0.736. The third kappa shape index (κ3) is 3.53. The zero-order chi connectivity index (χ0) is 17.3. The number of ether oxygens (including phenoxy) is 1. The van der Waals surface area contributed by atoms with Crippen LogP contribution in [0.1, 0.15) is 5.56 Å². The number of anilines is 1. The Kier molecular flexibility index (Phi) is 5.04. The van der Waals surface area contributed by atoms with E-state index in [1.165, 1.54) is 17.0 Å². The largest absolute Gasteiger partial charge is 0.366 e. The fourth-order valence-electron chi connectivity index (χ4n) is 2.64. The molecule has 0 bridgehead atoms. The molecule has 1 fully saturated rings. The van der Waals surface area contributed by atoms with E-state index in [1.807, 2.05) is 0 Å². The Bertz CT molecular complexity index is 765. The number of halogens is 4. The Morgan fingerprint density at radius 3 is 2.54 bits per heavy atom. The lowest BCUT2D eigenvalue weighted by Gasteiger charge is -2.33. The third-order valence-electron chi connectivity index (χ3n) is 3.80. The van der Waals surface area contributed by atoms with Crippen LogP contribution in [0, 0.1) is 11.6 Å². The lowest BCUT2D eigenvalue weighted by atomic mass is 10.1. The zero-order valence-corrected chi connectivity index (χ0v) is 14.0.